The number of thiophene rings is 1. The summed E-state index contributed by atoms with van der Waals surface area (Å²) >= 11 is 1.76. The number of nitrogens with zero attached hydrogens (tertiary/aromatic N) is 1. The van der Waals surface area contributed by atoms with E-state index in [-0.39, 0.29) is 0 Å². The van der Waals surface area contributed by atoms with Crippen LogP contribution in [0.5, 0.6) is 5.75 Å². The normalized spacial score (nSPS) is 12.5. The molecular weight excluding hydrogens is 280 g/mol. The van der Waals surface area contributed by atoms with E-state index in [9.17, 15) is 0 Å². The van der Waals surface area contributed by atoms with Crippen LogP contribution in [-0.4, -0.2) is 30.6 Å². The third-order valence-electron chi connectivity index (χ3n) is 3.67. The molecule has 21 heavy (non-hydrogen) atoms. The summed E-state index contributed by atoms with van der Waals surface area (Å²) in [5, 5.41) is 4.37. The Morgan fingerprint density at radius 3 is 2.62 bits per heavy atom. The lowest BCUT2D eigenvalue weighted by Gasteiger charge is -2.27. The molecule has 2 rings (SSSR count). The number of anilines is 1. The van der Waals surface area contributed by atoms with E-state index in [1.54, 1.807) is 11.3 Å². The first-order valence-corrected chi connectivity index (χ1v) is 8.36. The summed E-state index contributed by atoms with van der Waals surface area (Å²) in [5.41, 5.74) is 7.85. The lowest BCUT2D eigenvalue weighted by molar-refractivity contribution is 0.174. The maximum Gasteiger partial charge on any atom is 0.119 e. The Balaban J connectivity index is 1.77. The third-order valence-corrected chi connectivity index (χ3v) is 4.40. The fourth-order valence-electron chi connectivity index (χ4n) is 2.41. The second-order valence-corrected chi connectivity index (χ2v) is 6.01. The van der Waals surface area contributed by atoms with E-state index in [1.165, 1.54) is 5.56 Å². The highest BCUT2D eigenvalue weighted by atomic mass is 32.1. The van der Waals surface area contributed by atoms with Gasteiger partial charge in [0.15, 0.2) is 0 Å². The number of hydrogen-bond donors (Lipinski definition) is 1. The molecule has 0 saturated heterocycles. The van der Waals surface area contributed by atoms with Gasteiger partial charge >= 0.3 is 0 Å². The van der Waals surface area contributed by atoms with Crippen molar-refractivity contribution in [2.45, 2.75) is 26.3 Å². The van der Waals surface area contributed by atoms with E-state index in [4.69, 9.17) is 10.5 Å². The summed E-state index contributed by atoms with van der Waals surface area (Å²) in [5.74, 6) is 0.880. The third kappa shape index (κ3) is 5.06. The van der Waals surface area contributed by atoms with Gasteiger partial charge in [-0.05, 0) is 66.5 Å². The van der Waals surface area contributed by atoms with Crippen molar-refractivity contribution in [3.63, 3.8) is 0 Å². The van der Waals surface area contributed by atoms with E-state index in [0.29, 0.717) is 12.6 Å². The summed E-state index contributed by atoms with van der Waals surface area (Å²) in [6.07, 6.45) is 1.10. The van der Waals surface area contributed by atoms with Gasteiger partial charge in [-0.25, -0.2) is 0 Å². The molecule has 2 N–H and O–H groups in total. The molecule has 1 atom stereocenters. The number of nitrogens with two attached hydrogens (primary N) is 1. The van der Waals surface area contributed by atoms with Crippen molar-refractivity contribution in [3.8, 4) is 5.75 Å². The van der Waals surface area contributed by atoms with Crippen LogP contribution < -0.4 is 10.5 Å². The van der Waals surface area contributed by atoms with Gasteiger partial charge in [0.25, 0.3) is 0 Å². The molecule has 1 heterocycles. The number of nitrogen functional groups attached to an aromatic ring is 1. The fourth-order valence-corrected chi connectivity index (χ4v) is 3.10. The van der Waals surface area contributed by atoms with E-state index in [0.717, 1.165) is 30.9 Å². The second kappa shape index (κ2) is 8.05. The van der Waals surface area contributed by atoms with E-state index < -0.39 is 0 Å². The highest BCUT2D eigenvalue weighted by Gasteiger charge is 2.12. The molecule has 0 spiro atoms. The predicted molar refractivity (Wildman–Crippen MR) is 91.1 cm³/mol. The molecule has 1 unspecified atom stereocenters. The van der Waals surface area contributed by atoms with Crippen molar-refractivity contribution < 1.29 is 4.74 Å². The van der Waals surface area contributed by atoms with Crippen LogP contribution >= 0.6 is 11.3 Å². The van der Waals surface area contributed by atoms with Gasteiger partial charge in [0.05, 0.1) is 0 Å². The monoisotopic (exact) mass is 304 g/mol. The number of ether oxygens (including phenoxy) is 1. The summed E-state index contributed by atoms with van der Waals surface area (Å²) in [6.45, 7) is 7.16. The average Bonchev–Trinajstić information content (AvgIpc) is 2.98. The first kappa shape index (κ1) is 15.9. The quantitative estimate of drug-likeness (QED) is 0.756. The largest absolute Gasteiger partial charge is 0.492 e. The molecule has 0 aliphatic carbocycles. The predicted octanol–water partition coefficient (Wildman–Crippen LogP) is 3.66. The molecule has 114 valence electrons. The van der Waals surface area contributed by atoms with Gasteiger partial charge in [-0.1, -0.05) is 6.92 Å². The highest BCUT2D eigenvalue weighted by molar-refractivity contribution is 7.07. The molecule has 0 bridgehead atoms. The molecule has 2 aromatic rings. The Hall–Kier alpha value is -1.52. The minimum absolute atomic E-state index is 0.527. The Morgan fingerprint density at radius 1 is 1.24 bits per heavy atom. The van der Waals surface area contributed by atoms with Gasteiger partial charge in [-0.3, -0.25) is 4.90 Å². The highest BCUT2D eigenvalue weighted by Crippen LogP contribution is 2.14. The van der Waals surface area contributed by atoms with Gasteiger partial charge in [0.2, 0.25) is 0 Å². The molecule has 0 fully saturated rings. The SMILES string of the molecule is CCN(CCOc1ccc(N)cc1)C(C)Cc1ccsc1. The minimum Gasteiger partial charge on any atom is -0.492 e. The molecule has 3 nitrogen and oxygen atoms in total. The van der Waals surface area contributed by atoms with E-state index >= 15 is 0 Å². The van der Waals surface area contributed by atoms with Crippen molar-refractivity contribution in [1.29, 1.82) is 0 Å². The number of hydrogen-bond acceptors (Lipinski definition) is 4. The molecular formula is C17H24N2OS. The smallest absolute Gasteiger partial charge is 0.119 e. The van der Waals surface area contributed by atoms with Gasteiger partial charge < -0.3 is 10.5 Å². The lowest BCUT2D eigenvalue weighted by Crippen LogP contribution is -2.37. The Bertz CT molecular complexity index is 510. The van der Waals surface area contributed by atoms with E-state index in [1.807, 2.05) is 24.3 Å². The number of rotatable bonds is 8. The Morgan fingerprint density at radius 2 is 2.00 bits per heavy atom. The zero-order valence-electron chi connectivity index (χ0n) is 12.8. The standard InChI is InChI=1S/C17H24N2OS/c1-3-19(14(2)12-15-8-11-21-13-15)9-10-20-17-6-4-16(18)5-7-17/h4-8,11,13-14H,3,9-10,12,18H2,1-2H3. The van der Waals surface area contributed by atoms with Crippen molar-refractivity contribution in [1.82, 2.24) is 4.90 Å². The number of benzene rings is 1. The Labute approximate surface area is 131 Å². The lowest BCUT2D eigenvalue weighted by atomic mass is 10.1. The molecule has 4 heteroatoms. The topological polar surface area (TPSA) is 38.5 Å². The van der Waals surface area contributed by atoms with Crippen molar-refractivity contribution in [3.05, 3.63) is 46.7 Å². The Kier molecular flexibility index (Phi) is 6.08. The van der Waals surface area contributed by atoms with E-state index in [2.05, 4.69) is 35.6 Å². The second-order valence-electron chi connectivity index (χ2n) is 5.23. The molecule has 0 radical (unpaired) electrons. The van der Waals surface area contributed by atoms with Crippen LogP contribution in [0.15, 0.2) is 41.1 Å². The van der Waals surface area contributed by atoms with Crippen LogP contribution in [0.1, 0.15) is 19.4 Å². The maximum atomic E-state index is 5.78. The van der Waals surface area contributed by atoms with Gasteiger partial charge in [-0.2, -0.15) is 11.3 Å². The van der Waals surface area contributed by atoms with Crippen LogP contribution in [-0.2, 0) is 6.42 Å². The summed E-state index contributed by atoms with van der Waals surface area (Å²) < 4.78 is 5.78. The van der Waals surface area contributed by atoms with Gasteiger partial charge in [-0.15, -0.1) is 0 Å². The molecule has 0 aliphatic heterocycles. The van der Waals surface area contributed by atoms with Crippen LogP contribution in [0.4, 0.5) is 5.69 Å². The zero-order chi connectivity index (χ0) is 15.1. The zero-order valence-corrected chi connectivity index (χ0v) is 13.6. The molecule has 1 aromatic carbocycles. The van der Waals surface area contributed by atoms with Crippen LogP contribution in [0.3, 0.4) is 0 Å². The maximum absolute atomic E-state index is 5.78. The molecule has 0 saturated carbocycles. The average molecular weight is 304 g/mol. The first-order chi connectivity index (χ1) is 10.2. The molecule has 0 aliphatic rings. The summed E-state index contributed by atoms with van der Waals surface area (Å²) in [7, 11) is 0. The molecule has 0 amide bonds. The van der Waals surface area contributed by atoms with Crippen molar-refractivity contribution in [2.24, 2.45) is 0 Å². The van der Waals surface area contributed by atoms with Crippen LogP contribution in [0, 0.1) is 0 Å². The summed E-state index contributed by atoms with van der Waals surface area (Å²) in [6, 6.07) is 10.3. The van der Waals surface area contributed by atoms with Gasteiger partial charge in [0, 0.05) is 18.3 Å². The first-order valence-electron chi connectivity index (χ1n) is 7.42. The van der Waals surface area contributed by atoms with Crippen molar-refractivity contribution >= 4 is 17.0 Å². The minimum atomic E-state index is 0.527. The molecule has 1 aromatic heterocycles. The van der Waals surface area contributed by atoms with Crippen molar-refractivity contribution in [2.75, 3.05) is 25.4 Å². The summed E-state index contributed by atoms with van der Waals surface area (Å²) in [4.78, 5) is 2.45. The van der Waals surface area contributed by atoms with Crippen LogP contribution in [0.2, 0.25) is 0 Å². The van der Waals surface area contributed by atoms with Gasteiger partial charge in [0.1, 0.15) is 12.4 Å². The number of likely N-dealkylation sites (N-methyl/N-ethyl adjacent to an activating group) is 1. The van der Waals surface area contributed by atoms with Crippen LogP contribution in [0.25, 0.3) is 0 Å². The fraction of sp³-hybridized carbons (Fsp3) is 0.412.